The minimum absolute atomic E-state index is 0.0446. The maximum Gasteiger partial charge on any atom is 0.308 e. The third-order valence-electron chi connectivity index (χ3n) is 4.43. The first-order valence-corrected chi connectivity index (χ1v) is 8.14. The van der Waals surface area contributed by atoms with Gasteiger partial charge in [-0.1, -0.05) is 0 Å². The zero-order valence-corrected chi connectivity index (χ0v) is 13.8. The van der Waals surface area contributed by atoms with Crippen molar-refractivity contribution in [3.8, 4) is 0 Å². The van der Waals surface area contributed by atoms with Crippen molar-refractivity contribution < 1.29 is 14.6 Å². The highest BCUT2D eigenvalue weighted by Crippen LogP contribution is 2.29. The second-order valence-corrected chi connectivity index (χ2v) is 5.95. The molecular formula is C16H27N3O3. The summed E-state index contributed by atoms with van der Waals surface area (Å²) in [5.74, 6) is 0.979. The van der Waals surface area contributed by atoms with E-state index in [1.54, 1.807) is 0 Å². The van der Waals surface area contributed by atoms with Gasteiger partial charge in [0.2, 0.25) is 0 Å². The number of aliphatic hydroxyl groups excluding tert-OH is 1. The first kappa shape index (κ1) is 16.8. The summed E-state index contributed by atoms with van der Waals surface area (Å²) in [7, 11) is 0. The number of nitrogens with zero attached hydrogens (tertiary/aromatic N) is 2. The number of aromatic nitrogens is 2. The smallest absolute Gasteiger partial charge is 0.308 e. The van der Waals surface area contributed by atoms with E-state index in [1.165, 1.54) is 0 Å². The van der Waals surface area contributed by atoms with Crippen LogP contribution in [0, 0.1) is 19.8 Å². The van der Waals surface area contributed by atoms with Gasteiger partial charge >= 0.3 is 5.97 Å². The van der Waals surface area contributed by atoms with E-state index in [9.17, 15) is 4.79 Å². The zero-order valence-electron chi connectivity index (χ0n) is 13.8. The number of rotatable bonds is 6. The highest BCUT2D eigenvalue weighted by Gasteiger charge is 2.28. The van der Waals surface area contributed by atoms with Crippen molar-refractivity contribution in [3.05, 3.63) is 11.3 Å². The molecule has 1 aromatic rings. The van der Waals surface area contributed by atoms with Gasteiger partial charge in [-0.05, 0) is 46.5 Å². The molecule has 0 atom stereocenters. The lowest BCUT2D eigenvalue weighted by molar-refractivity contribution is -0.149. The molecular weight excluding hydrogens is 282 g/mol. The Bertz CT molecular complexity index is 505. The van der Waals surface area contributed by atoms with Gasteiger partial charge in [-0.3, -0.25) is 4.79 Å². The van der Waals surface area contributed by atoms with Crippen LogP contribution in [0.15, 0.2) is 0 Å². The Labute approximate surface area is 131 Å². The van der Waals surface area contributed by atoms with Crippen molar-refractivity contribution in [2.45, 2.75) is 59.0 Å². The van der Waals surface area contributed by atoms with Gasteiger partial charge in [0.15, 0.2) is 0 Å². The molecule has 1 aromatic heterocycles. The van der Waals surface area contributed by atoms with Crippen LogP contribution in [0.1, 0.15) is 43.9 Å². The minimum atomic E-state index is -0.0571. The molecule has 0 radical (unpaired) electrons. The van der Waals surface area contributed by atoms with Gasteiger partial charge in [-0.15, -0.1) is 0 Å². The maximum absolute atomic E-state index is 11.8. The number of esters is 1. The number of anilines is 1. The molecule has 1 heterocycles. The molecule has 1 fully saturated rings. The van der Waals surface area contributed by atoms with E-state index < -0.39 is 0 Å². The number of carbonyl (C=O) groups is 1. The van der Waals surface area contributed by atoms with Crippen molar-refractivity contribution >= 4 is 11.8 Å². The van der Waals surface area contributed by atoms with Crippen LogP contribution in [-0.4, -0.2) is 40.1 Å². The number of ether oxygens (including phenoxy) is 1. The number of hydrogen-bond acceptors (Lipinski definition) is 5. The molecule has 0 unspecified atom stereocenters. The monoisotopic (exact) mass is 309 g/mol. The second kappa shape index (κ2) is 7.63. The van der Waals surface area contributed by atoms with E-state index >= 15 is 0 Å². The molecule has 0 aromatic carbocycles. The topological polar surface area (TPSA) is 76.4 Å². The van der Waals surface area contributed by atoms with Crippen molar-refractivity contribution in [2.24, 2.45) is 5.92 Å². The summed E-state index contributed by atoms with van der Waals surface area (Å²) in [6, 6.07) is 0.345. The Morgan fingerprint density at radius 2 is 2.05 bits per heavy atom. The summed E-state index contributed by atoms with van der Waals surface area (Å²) in [5.41, 5.74) is 2.11. The van der Waals surface area contributed by atoms with Crippen LogP contribution in [0.25, 0.3) is 0 Å². The SMILES string of the molecule is CCOC(=O)C1CCC(Nc2c(C)c(C)nn2CCO)CC1. The lowest BCUT2D eigenvalue weighted by Crippen LogP contribution is -2.31. The van der Waals surface area contributed by atoms with E-state index in [0.29, 0.717) is 19.2 Å². The van der Waals surface area contributed by atoms with Crippen LogP contribution >= 0.6 is 0 Å². The predicted octanol–water partition coefficient (Wildman–Crippen LogP) is 2.03. The van der Waals surface area contributed by atoms with Crippen LogP contribution in [0.3, 0.4) is 0 Å². The van der Waals surface area contributed by atoms with E-state index in [4.69, 9.17) is 9.84 Å². The lowest BCUT2D eigenvalue weighted by Gasteiger charge is -2.29. The van der Waals surface area contributed by atoms with Crippen molar-refractivity contribution in [3.63, 3.8) is 0 Å². The highest BCUT2D eigenvalue weighted by atomic mass is 16.5. The summed E-state index contributed by atoms with van der Waals surface area (Å²) < 4.78 is 6.94. The molecule has 6 heteroatoms. The van der Waals surface area contributed by atoms with Gasteiger partial charge in [0.1, 0.15) is 5.82 Å². The van der Waals surface area contributed by atoms with Crippen molar-refractivity contribution in [2.75, 3.05) is 18.5 Å². The third-order valence-corrected chi connectivity index (χ3v) is 4.43. The van der Waals surface area contributed by atoms with E-state index in [-0.39, 0.29) is 18.5 Å². The largest absolute Gasteiger partial charge is 0.466 e. The Balaban J connectivity index is 1.95. The molecule has 2 rings (SSSR count). The lowest BCUT2D eigenvalue weighted by atomic mass is 9.86. The van der Waals surface area contributed by atoms with E-state index in [0.717, 1.165) is 42.8 Å². The summed E-state index contributed by atoms with van der Waals surface area (Å²) in [6.45, 7) is 6.89. The van der Waals surface area contributed by atoms with Crippen LogP contribution < -0.4 is 5.32 Å². The van der Waals surface area contributed by atoms with Gasteiger partial charge in [0.25, 0.3) is 0 Å². The van der Waals surface area contributed by atoms with Gasteiger partial charge in [0, 0.05) is 11.6 Å². The molecule has 2 N–H and O–H groups in total. The average Bonchev–Trinajstić information content (AvgIpc) is 2.76. The minimum Gasteiger partial charge on any atom is -0.466 e. The summed E-state index contributed by atoms with van der Waals surface area (Å²) in [4.78, 5) is 11.8. The van der Waals surface area contributed by atoms with Gasteiger partial charge in [-0.25, -0.2) is 4.68 Å². The van der Waals surface area contributed by atoms with E-state index in [1.807, 2.05) is 25.5 Å². The first-order chi connectivity index (χ1) is 10.6. The second-order valence-electron chi connectivity index (χ2n) is 5.95. The molecule has 0 spiro atoms. The van der Waals surface area contributed by atoms with Gasteiger partial charge < -0.3 is 15.2 Å². The van der Waals surface area contributed by atoms with Crippen molar-refractivity contribution in [1.29, 1.82) is 0 Å². The highest BCUT2D eigenvalue weighted by molar-refractivity contribution is 5.72. The fraction of sp³-hybridized carbons (Fsp3) is 0.750. The third kappa shape index (κ3) is 3.80. The average molecular weight is 309 g/mol. The standard InChI is InChI=1S/C16H27N3O3/c1-4-22-16(21)13-5-7-14(8-6-13)17-15-11(2)12(3)18-19(15)9-10-20/h13-14,17,20H,4-10H2,1-3H3. The molecule has 0 saturated heterocycles. The number of nitrogens with one attached hydrogen (secondary N) is 1. The van der Waals surface area contributed by atoms with Crippen LogP contribution in [0.2, 0.25) is 0 Å². The summed E-state index contributed by atoms with van der Waals surface area (Å²) in [5, 5.41) is 17.2. The molecule has 0 bridgehead atoms. The fourth-order valence-electron chi connectivity index (χ4n) is 3.04. The number of hydrogen-bond donors (Lipinski definition) is 2. The molecule has 22 heavy (non-hydrogen) atoms. The molecule has 1 saturated carbocycles. The molecule has 1 aliphatic rings. The molecule has 0 amide bonds. The summed E-state index contributed by atoms with van der Waals surface area (Å²) >= 11 is 0. The molecule has 0 aliphatic heterocycles. The Hall–Kier alpha value is -1.56. The normalized spacial score (nSPS) is 21.6. The first-order valence-electron chi connectivity index (χ1n) is 8.14. The number of aryl methyl sites for hydroxylation is 1. The quantitative estimate of drug-likeness (QED) is 0.786. The molecule has 1 aliphatic carbocycles. The summed E-state index contributed by atoms with van der Waals surface area (Å²) in [6.07, 6.45) is 3.63. The van der Waals surface area contributed by atoms with Crippen LogP contribution in [0.4, 0.5) is 5.82 Å². The predicted molar refractivity (Wildman–Crippen MR) is 84.8 cm³/mol. The zero-order chi connectivity index (χ0) is 16.1. The van der Waals surface area contributed by atoms with Crippen LogP contribution in [0.5, 0.6) is 0 Å². The molecule has 6 nitrogen and oxygen atoms in total. The Morgan fingerprint density at radius 3 is 2.64 bits per heavy atom. The van der Waals surface area contributed by atoms with E-state index in [2.05, 4.69) is 10.4 Å². The van der Waals surface area contributed by atoms with Crippen LogP contribution in [-0.2, 0) is 16.1 Å². The number of carbonyl (C=O) groups excluding carboxylic acids is 1. The number of aliphatic hydroxyl groups is 1. The Morgan fingerprint density at radius 1 is 1.36 bits per heavy atom. The van der Waals surface area contributed by atoms with Gasteiger partial charge in [0.05, 0.1) is 31.4 Å². The Kier molecular flexibility index (Phi) is 5.83. The molecule has 124 valence electrons. The fourth-order valence-corrected chi connectivity index (χ4v) is 3.04. The van der Waals surface area contributed by atoms with Gasteiger partial charge in [-0.2, -0.15) is 5.10 Å². The maximum atomic E-state index is 11.8. The van der Waals surface area contributed by atoms with Crippen molar-refractivity contribution in [1.82, 2.24) is 9.78 Å².